The van der Waals surface area contributed by atoms with E-state index in [1.807, 2.05) is 31.1 Å². The highest BCUT2D eigenvalue weighted by atomic mass is 35.5. The average molecular weight is 352 g/mol. The Morgan fingerprint density at radius 1 is 1.17 bits per heavy atom. The molecule has 3 nitrogen and oxygen atoms in total. The highest BCUT2D eigenvalue weighted by Crippen LogP contribution is 2.20. The van der Waals surface area contributed by atoms with Crippen LogP contribution in [-0.4, -0.2) is 38.4 Å². The van der Waals surface area contributed by atoms with Gasteiger partial charge in [-0.1, -0.05) is 24.3 Å². The first-order valence-electron chi connectivity index (χ1n) is 7.57. The summed E-state index contributed by atoms with van der Waals surface area (Å²) >= 11 is 0. The molecule has 0 amide bonds. The van der Waals surface area contributed by atoms with E-state index in [2.05, 4.69) is 0 Å². The van der Waals surface area contributed by atoms with Crippen molar-refractivity contribution < 1.29 is 13.9 Å². The van der Waals surface area contributed by atoms with E-state index in [1.54, 1.807) is 31.4 Å². The van der Waals surface area contributed by atoms with Crippen LogP contribution in [-0.2, 0) is 6.42 Å². The van der Waals surface area contributed by atoms with E-state index in [0.717, 1.165) is 5.56 Å². The molecule has 0 aliphatic heterocycles. The van der Waals surface area contributed by atoms with Gasteiger partial charge in [0.1, 0.15) is 11.6 Å². The largest absolute Gasteiger partial charge is 0.497 e. The van der Waals surface area contributed by atoms with Gasteiger partial charge in [0, 0.05) is 18.0 Å². The number of hydrogen-bond acceptors (Lipinski definition) is 3. The highest BCUT2D eigenvalue weighted by Gasteiger charge is 2.22. The number of benzene rings is 2. The maximum absolute atomic E-state index is 13.4. The van der Waals surface area contributed by atoms with E-state index >= 15 is 0 Å². The number of methoxy groups -OCH3 is 1. The fourth-order valence-electron chi connectivity index (χ4n) is 2.64. The first kappa shape index (κ1) is 20.1. The molecule has 5 heteroatoms. The summed E-state index contributed by atoms with van der Waals surface area (Å²) < 4.78 is 18.6. The Bertz CT molecular complexity index is 676. The third-order valence-electron chi connectivity index (χ3n) is 3.68. The van der Waals surface area contributed by atoms with Crippen LogP contribution in [0.15, 0.2) is 48.5 Å². The van der Waals surface area contributed by atoms with Crippen molar-refractivity contribution in [3.8, 4) is 5.75 Å². The first-order chi connectivity index (χ1) is 11.0. The monoisotopic (exact) mass is 351 g/mol. The minimum absolute atomic E-state index is 0. The van der Waals surface area contributed by atoms with Gasteiger partial charge in [-0.2, -0.15) is 0 Å². The van der Waals surface area contributed by atoms with Gasteiger partial charge in [0.2, 0.25) is 0 Å². The number of nitrogens with zero attached hydrogens (tertiary/aromatic N) is 1. The lowest BCUT2D eigenvalue weighted by Crippen LogP contribution is -2.29. The van der Waals surface area contributed by atoms with Gasteiger partial charge in [0.15, 0.2) is 5.78 Å². The van der Waals surface area contributed by atoms with E-state index < -0.39 is 0 Å². The standard InChI is InChI=1S/C19H22FNO2.ClH/c1-21(2)13-16(10-14-6-4-8-17(20)11-14)19(22)15-7-5-9-18(12-15)23-3;/h4-9,11-12,16H,10,13H2,1-3H3;1H/t16-;/m0./s1. The van der Waals surface area contributed by atoms with Crippen molar-refractivity contribution in [1.82, 2.24) is 4.90 Å². The van der Waals surface area contributed by atoms with E-state index in [9.17, 15) is 9.18 Å². The molecular formula is C19H23ClFNO2. The van der Waals surface area contributed by atoms with Crippen LogP contribution >= 0.6 is 12.4 Å². The second-order valence-corrected chi connectivity index (χ2v) is 5.89. The SMILES string of the molecule is COc1cccc(C(=O)[C@@H](Cc2cccc(F)c2)CN(C)C)c1.Cl. The van der Waals surface area contributed by atoms with Gasteiger partial charge in [0.25, 0.3) is 0 Å². The fourth-order valence-corrected chi connectivity index (χ4v) is 2.64. The molecule has 0 heterocycles. The van der Waals surface area contributed by atoms with Crippen LogP contribution < -0.4 is 4.74 Å². The zero-order valence-electron chi connectivity index (χ0n) is 14.2. The molecule has 130 valence electrons. The molecule has 0 saturated carbocycles. The molecule has 1 atom stereocenters. The number of ketones is 1. The Labute approximate surface area is 148 Å². The van der Waals surface area contributed by atoms with Crippen LogP contribution in [0.3, 0.4) is 0 Å². The minimum Gasteiger partial charge on any atom is -0.497 e. The van der Waals surface area contributed by atoms with Crippen molar-refractivity contribution in [2.75, 3.05) is 27.7 Å². The zero-order valence-corrected chi connectivity index (χ0v) is 15.0. The molecule has 2 aromatic carbocycles. The van der Waals surface area contributed by atoms with Gasteiger partial charge in [-0.25, -0.2) is 4.39 Å². The van der Waals surface area contributed by atoms with E-state index in [0.29, 0.717) is 24.3 Å². The number of Topliss-reactive ketones (excluding diaryl/α,β-unsaturated/α-hetero) is 1. The van der Waals surface area contributed by atoms with Crippen molar-refractivity contribution in [2.24, 2.45) is 5.92 Å². The second-order valence-electron chi connectivity index (χ2n) is 5.89. The third kappa shape index (κ3) is 5.62. The Morgan fingerprint density at radius 3 is 2.50 bits per heavy atom. The van der Waals surface area contributed by atoms with Crippen LogP contribution in [0.25, 0.3) is 0 Å². The topological polar surface area (TPSA) is 29.5 Å². The average Bonchev–Trinajstić information content (AvgIpc) is 2.53. The summed E-state index contributed by atoms with van der Waals surface area (Å²) in [4.78, 5) is 14.8. The lowest BCUT2D eigenvalue weighted by molar-refractivity contribution is 0.0896. The van der Waals surface area contributed by atoms with E-state index in [-0.39, 0.29) is 29.9 Å². The predicted octanol–water partition coefficient (Wildman–Crippen LogP) is 3.86. The maximum Gasteiger partial charge on any atom is 0.167 e. The molecule has 0 bridgehead atoms. The molecule has 0 saturated heterocycles. The van der Waals surface area contributed by atoms with Gasteiger partial charge in [-0.05, 0) is 50.3 Å². The Morgan fingerprint density at radius 2 is 1.88 bits per heavy atom. The smallest absolute Gasteiger partial charge is 0.167 e. The summed E-state index contributed by atoms with van der Waals surface area (Å²) in [5.41, 5.74) is 1.45. The van der Waals surface area contributed by atoms with Crippen molar-refractivity contribution in [1.29, 1.82) is 0 Å². The molecular weight excluding hydrogens is 329 g/mol. The van der Waals surface area contributed by atoms with Gasteiger partial charge >= 0.3 is 0 Å². The van der Waals surface area contributed by atoms with E-state index in [4.69, 9.17) is 4.74 Å². The van der Waals surface area contributed by atoms with E-state index in [1.165, 1.54) is 12.1 Å². The lowest BCUT2D eigenvalue weighted by atomic mass is 9.90. The number of hydrogen-bond donors (Lipinski definition) is 0. The van der Waals surface area contributed by atoms with Crippen molar-refractivity contribution in [2.45, 2.75) is 6.42 Å². The number of rotatable bonds is 7. The first-order valence-corrected chi connectivity index (χ1v) is 7.57. The third-order valence-corrected chi connectivity index (χ3v) is 3.68. The zero-order chi connectivity index (χ0) is 16.8. The van der Waals surface area contributed by atoms with Crippen LogP contribution in [0.4, 0.5) is 4.39 Å². The summed E-state index contributed by atoms with van der Waals surface area (Å²) in [5.74, 6) is 0.186. The number of halogens is 2. The van der Waals surface area contributed by atoms with Crippen LogP contribution in [0, 0.1) is 11.7 Å². The van der Waals surface area contributed by atoms with Crippen molar-refractivity contribution in [3.05, 3.63) is 65.5 Å². The Balaban J connectivity index is 0.00000288. The molecule has 24 heavy (non-hydrogen) atoms. The molecule has 0 aliphatic rings. The number of carbonyl (C=O) groups excluding carboxylic acids is 1. The molecule has 0 unspecified atom stereocenters. The summed E-state index contributed by atoms with van der Waals surface area (Å²) in [6.07, 6.45) is 0.506. The fraction of sp³-hybridized carbons (Fsp3) is 0.316. The summed E-state index contributed by atoms with van der Waals surface area (Å²) in [6, 6.07) is 13.6. The summed E-state index contributed by atoms with van der Waals surface area (Å²) in [5, 5.41) is 0. The molecule has 0 aromatic heterocycles. The van der Waals surface area contributed by atoms with Gasteiger partial charge in [-0.15, -0.1) is 12.4 Å². The van der Waals surface area contributed by atoms with Gasteiger partial charge in [-0.3, -0.25) is 4.79 Å². The van der Waals surface area contributed by atoms with Crippen LogP contribution in [0.1, 0.15) is 15.9 Å². The quantitative estimate of drug-likeness (QED) is 0.709. The Kier molecular flexibility index (Phi) is 7.89. The second kappa shape index (κ2) is 9.40. The lowest BCUT2D eigenvalue weighted by Gasteiger charge is -2.20. The summed E-state index contributed by atoms with van der Waals surface area (Å²) in [7, 11) is 5.43. The molecule has 0 radical (unpaired) electrons. The molecule has 0 N–H and O–H groups in total. The molecule has 2 rings (SSSR count). The maximum atomic E-state index is 13.4. The van der Waals surface area contributed by atoms with Crippen LogP contribution in [0.5, 0.6) is 5.75 Å². The normalized spacial score (nSPS) is 11.7. The summed E-state index contributed by atoms with van der Waals surface area (Å²) in [6.45, 7) is 0.604. The number of ether oxygens (including phenoxy) is 1. The van der Waals surface area contributed by atoms with Crippen molar-refractivity contribution >= 4 is 18.2 Å². The van der Waals surface area contributed by atoms with Gasteiger partial charge in [0.05, 0.1) is 7.11 Å². The van der Waals surface area contributed by atoms with Crippen LogP contribution in [0.2, 0.25) is 0 Å². The predicted molar refractivity (Wildman–Crippen MR) is 96.7 cm³/mol. The Hall–Kier alpha value is -1.91. The molecule has 2 aromatic rings. The minimum atomic E-state index is -0.278. The molecule has 0 spiro atoms. The highest BCUT2D eigenvalue weighted by molar-refractivity contribution is 5.98. The van der Waals surface area contributed by atoms with Crippen molar-refractivity contribution in [3.63, 3.8) is 0 Å². The van der Waals surface area contributed by atoms with Gasteiger partial charge < -0.3 is 9.64 Å². The molecule has 0 aliphatic carbocycles. The number of carbonyl (C=O) groups is 1. The molecule has 0 fully saturated rings.